The van der Waals surface area contributed by atoms with Gasteiger partial charge < -0.3 is 14.8 Å². The van der Waals surface area contributed by atoms with E-state index in [1.807, 2.05) is 0 Å². The van der Waals surface area contributed by atoms with Gasteiger partial charge in [-0.1, -0.05) is 6.92 Å². The molecule has 1 aromatic rings. The fraction of sp³-hybridized carbons (Fsp3) is 0.474. The minimum Gasteiger partial charge on any atom is -0.482 e. The Kier molecular flexibility index (Phi) is 6.73. The third kappa shape index (κ3) is 5.31. The third-order valence-electron chi connectivity index (χ3n) is 4.27. The lowest BCUT2D eigenvalue weighted by atomic mass is 10.00. The highest BCUT2D eigenvalue weighted by molar-refractivity contribution is 5.95. The fourth-order valence-electron chi connectivity index (χ4n) is 2.82. The van der Waals surface area contributed by atoms with Gasteiger partial charge in [-0.3, -0.25) is 9.59 Å². The minimum absolute atomic E-state index is 0.0272. The smallest absolute Gasteiger partial charge is 0.344 e. The van der Waals surface area contributed by atoms with Gasteiger partial charge in [0.2, 0.25) is 0 Å². The van der Waals surface area contributed by atoms with E-state index in [1.54, 1.807) is 31.2 Å². The first-order valence-corrected chi connectivity index (χ1v) is 8.62. The number of benzene rings is 1. The molecule has 0 unspecified atom stereocenters. The van der Waals surface area contributed by atoms with E-state index >= 15 is 0 Å². The fourth-order valence-corrected chi connectivity index (χ4v) is 2.82. The number of carbonyl (C=O) groups excluding carboxylic acids is 3. The van der Waals surface area contributed by atoms with Gasteiger partial charge in [0, 0.05) is 12.0 Å². The first-order chi connectivity index (χ1) is 12.5. The van der Waals surface area contributed by atoms with Gasteiger partial charge in [-0.05, 0) is 49.9 Å². The molecule has 1 aromatic carbocycles. The summed E-state index contributed by atoms with van der Waals surface area (Å²) in [5.74, 6) is -0.733. The minimum atomic E-state index is -0.836. The zero-order valence-corrected chi connectivity index (χ0v) is 14.7. The summed E-state index contributed by atoms with van der Waals surface area (Å²) in [4.78, 5) is 35.1. The number of ether oxygens (including phenoxy) is 2. The van der Waals surface area contributed by atoms with Crippen molar-refractivity contribution in [2.45, 2.75) is 44.6 Å². The number of hydrogen-bond acceptors (Lipinski definition) is 6. The number of amides is 1. The molecule has 2 rings (SSSR count). The number of esters is 1. The van der Waals surface area contributed by atoms with Gasteiger partial charge in [-0.25, -0.2) is 4.79 Å². The van der Waals surface area contributed by atoms with Crippen molar-refractivity contribution in [3.8, 4) is 11.8 Å². The Morgan fingerprint density at radius 2 is 1.81 bits per heavy atom. The van der Waals surface area contributed by atoms with Crippen molar-refractivity contribution in [3.05, 3.63) is 29.8 Å². The van der Waals surface area contributed by atoms with Crippen LogP contribution in [0.15, 0.2) is 24.3 Å². The molecule has 7 heteroatoms. The van der Waals surface area contributed by atoms with Crippen LogP contribution in [0.3, 0.4) is 0 Å². The van der Waals surface area contributed by atoms with Crippen LogP contribution in [-0.2, 0) is 14.3 Å². The van der Waals surface area contributed by atoms with Crippen LogP contribution in [0.4, 0.5) is 0 Å². The summed E-state index contributed by atoms with van der Waals surface area (Å²) < 4.78 is 10.1. The molecular formula is C19H22N2O5. The second-order valence-electron chi connectivity index (χ2n) is 6.20. The van der Waals surface area contributed by atoms with Crippen LogP contribution >= 0.6 is 0 Å². The monoisotopic (exact) mass is 358 g/mol. The molecule has 1 fully saturated rings. The highest BCUT2D eigenvalue weighted by atomic mass is 16.6. The summed E-state index contributed by atoms with van der Waals surface area (Å²) in [7, 11) is 0. The van der Waals surface area contributed by atoms with Crippen molar-refractivity contribution < 1.29 is 23.9 Å². The standard InChI is InChI=1S/C19H22N2O5/c1-2-16(22)14-5-7-15(8-6-14)25-12-18(24)26-11-17(23)21-19(13-20)9-3-4-10-19/h5-8H,2-4,9-12H2,1H3,(H,21,23). The average Bonchev–Trinajstić information content (AvgIpc) is 3.13. The summed E-state index contributed by atoms with van der Waals surface area (Å²) in [6.07, 6.45) is 3.43. The molecule has 1 amide bonds. The van der Waals surface area contributed by atoms with E-state index in [0.717, 1.165) is 12.8 Å². The van der Waals surface area contributed by atoms with Crippen LogP contribution in [0.25, 0.3) is 0 Å². The van der Waals surface area contributed by atoms with E-state index in [2.05, 4.69) is 11.4 Å². The maximum absolute atomic E-state index is 11.9. The number of nitrogens with zero attached hydrogens (tertiary/aromatic N) is 1. The second kappa shape index (κ2) is 8.99. The van der Waals surface area contributed by atoms with Crippen molar-refractivity contribution in [1.29, 1.82) is 5.26 Å². The van der Waals surface area contributed by atoms with E-state index in [0.29, 0.717) is 30.6 Å². The molecule has 1 N–H and O–H groups in total. The zero-order valence-electron chi connectivity index (χ0n) is 14.7. The van der Waals surface area contributed by atoms with Gasteiger partial charge in [0.15, 0.2) is 19.0 Å². The Hall–Kier alpha value is -2.88. The van der Waals surface area contributed by atoms with Crippen LogP contribution in [-0.4, -0.2) is 36.4 Å². The number of ketones is 1. The summed E-state index contributed by atoms with van der Waals surface area (Å²) in [5.41, 5.74) is -0.255. The number of carbonyl (C=O) groups is 3. The third-order valence-corrected chi connectivity index (χ3v) is 4.27. The molecule has 0 atom stereocenters. The van der Waals surface area contributed by atoms with Crippen LogP contribution < -0.4 is 10.1 Å². The normalized spacial score (nSPS) is 14.9. The molecule has 0 aromatic heterocycles. The predicted octanol–water partition coefficient (Wildman–Crippen LogP) is 2.15. The second-order valence-corrected chi connectivity index (χ2v) is 6.20. The van der Waals surface area contributed by atoms with Crippen LogP contribution in [0.1, 0.15) is 49.4 Å². The summed E-state index contributed by atoms with van der Waals surface area (Å²) >= 11 is 0. The largest absolute Gasteiger partial charge is 0.482 e. The first kappa shape index (κ1) is 19.4. The topological polar surface area (TPSA) is 105 Å². The van der Waals surface area contributed by atoms with E-state index in [-0.39, 0.29) is 12.4 Å². The van der Waals surface area contributed by atoms with Crippen molar-refractivity contribution >= 4 is 17.7 Å². The average molecular weight is 358 g/mol. The summed E-state index contributed by atoms with van der Waals surface area (Å²) in [6, 6.07) is 8.59. The Bertz CT molecular complexity index is 700. The van der Waals surface area contributed by atoms with Gasteiger partial charge in [0.25, 0.3) is 5.91 Å². The van der Waals surface area contributed by atoms with Crippen molar-refractivity contribution in [3.63, 3.8) is 0 Å². The Morgan fingerprint density at radius 1 is 1.15 bits per heavy atom. The number of nitriles is 1. The maximum atomic E-state index is 11.9. The highest BCUT2D eigenvalue weighted by Crippen LogP contribution is 2.28. The van der Waals surface area contributed by atoms with Gasteiger partial charge in [-0.2, -0.15) is 5.26 Å². The first-order valence-electron chi connectivity index (χ1n) is 8.62. The molecular weight excluding hydrogens is 336 g/mol. The Balaban J connectivity index is 1.72. The van der Waals surface area contributed by atoms with E-state index in [9.17, 15) is 19.6 Å². The Labute approximate surface area is 152 Å². The number of Topliss-reactive ketones (excluding diaryl/α,β-unsaturated/α-hetero) is 1. The lowest BCUT2D eigenvalue weighted by molar-refractivity contribution is -0.150. The quantitative estimate of drug-likeness (QED) is 0.564. The molecule has 0 spiro atoms. The van der Waals surface area contributed by atoms with Crippen molar-refractivity contribution in [1.82, 2.24) is 5.32 Å². The van der Waals surface area contributed by atoms with Crippen molar-refractivity contribution in [2.24, 2.45) is 0 Å². The number of rotatable bonds is 8. The number of nitrogens with one attached hydrogen (secondary N) is 1. The molecule has 26 heavy (non-hydrogen) atoms. The molecule has 0 bridgehead atoms. The molecule has 138 valence electrons. The zero-order chi connectivity index (χ0) is 19.0. The predicted molar refractivity (Wildman–Crippen MR) is 92.5 cm³/mol. The molecule has 1 aliphatic rings. The molecule has 0 heterocycles. The summed E-state index contributed by atoms with van der Waals surface area (Å²) in [6.45, 7) is 0.984. The Morgan fingerprint density at radius 3 is 2.38 bits per heavy atom. The lowest BCUT2D eigenvalue weighted by Crippen LogP contribution is -2.46. The molecule has 1 aliphatic carbocycles. The number of hydrogen-bond donors (Lipinski definition) is 1. The van der Waals surface area contributed by atoms with E-state index in [4.69, 9.17) is 9.47 Å². The molecule has 0 aliphatic heterocycles. The van der Waals surface area contributed by atoms with Gasteiger partial charge in [0.05, 0.1) is 6.07 Å². The summed E-state index contributed by atoms with van der Waals surface area (Å²) in [5, 5.41) is 11.9. The molecule has 1 saturated carbocycles. The van der Waals surface area contributed by atoms with Gasteiger partial charge in [-0.15, -0.1) is 0 Å². The van der Waals surface area contributed by atoms with E-state index < -0.39 is 24.0 Å². The lowest BCUT2D eigenvalue weighted by Gasteiger charge is -2.21. The van der Waals surface area contributed by atoms with Crippen LogP contribution in [0, 0.1) is 11.3 Å². The van der Waals surface area contributed by atoms with Gasteiger partial charge in [0.1, 0.15) is 11.3 Å². The maximum Gasteiger partial charge on any atom is 0.344 e. The van der Waals surface area contributed by atoms with Crippen LogP contribution in [0.2, 0.25) is 0 Å². The molecule has 7 nitrogen and oxygen atoms in total. The van der Waals surface area contributed by atoms with Crippen LogP contribution in [0.5, 0.6) is 5.75 Å². The molecule has 0 radical (unpaired) electrons. The van der Waals surface area contributed by atoms with Crippen molar-refractivity contribution in [2.75, 3.05) is 13.2 Å². The molecule has 0 saturated heterocycles. The van der Waals surface area contributed by atoms with E-state index in [1.165, 1.54) is 0 Å². The SMILES string of the molecule is CCC(=O)c1ccc(OCC(=O)OCC(=O)NC2(C#N)CCCC2)cc1. The van der Waals surface area contributed by atoms with Gasteiger partial charge >= 0.3 is 5.97 Å². The highest BCUT2D eigenvalue weighted by Gasteiger charge is 2.35.